The average molecular weight is 242 g/mol. The quantitative estimate of drug-likeness (QED) is 0.746. The molecule has 2 rings (SSSR count). The molecule has 0 spiro atoms. The van der Waals surface area contributed by atoms with Crippen LogP contribution in [0, 0.1) is 5.92 Å². The van der Waals surface area contributed by atoms with Gasteiger partial charge in [-0.15, -0.1) is 0 Å². The second-order valence-electron chi connectivity index (χ2n) is 3.00. The first-order valence-corrected chi connectivity index (χ1v) is 4.88. The van der Waals surface area contributed by atoms with E-state index in [0.29, 0.717) is 10.2 Å². The zero-order valence-electron chi connectivity index (χ0n) is 6.87. The molecule has 3 nitrogen and oxygen atoms in total. The van der Waals surface area contributed by atoms with E-state index < -0.39 is 0 Å². The number of esters is 1. The topological polar surface area (TPSA) is 39.2 Å². The largest absolute Gasteiger partial charge is 0.425 e. The summed E-state index contributed by atoms with van der Waals surface area (Å²) in [6.07, 6.45) is 5.12. The molecule has 0 N–H and O–H groups in total. The van der Waals surface area contributed by atoms with E-state index in [1.165, 1.54) is 0 Å². The number of carbonyl (C=O) groups excluding carboxylic acids is 1. The fraction of sp³-hybridized carbons (Fsp3) is 0.333. The molecule has 0 aromatic carbocycles. The highest BCUT2D eigenvalue weighted by molar-refractivity contribution is 9.10. The van der Waals surface area contributed by atoms with Gasteiger partial charge in [-0.1, -0.05) is 0 Å². The number of nitrogens with zero attached hydrogens (tertiary/aromatic N) is 1. The molecule has 1 heterocycles. The standard InChI is InChI=1S/C9H8BrNO2/c10-7-5-11-4-3-8(7)13-9(12)6-1-2-6/h3-6H,1-2H2. The van der Waals surface area contributed by atoms with Gasteiger partial charge >= 0.3 is 5.97 Å². The van der Waals surface area contributed by atoms with E-state index in [2.05, 4.69) is 20.9 Å². The van der Waals surface area contributed by atoms with E-state index >= 15 is 0 Å². The summed E-state index contributed by atoms with van der Waals surface area (Å²) in [6.45, 7) is 0. The van der Waals surface area contributed by atoms with Crippen molar-refractivity contribution in [2.24, 2.45) is 5.92 Å². The predicted octanol–water partition coefficient (Wildman–Crippen LogP) is 2.16. The van der Waals surface area contributed by atoms with Crippen LogP contribution >= 0.6 is 15.9 Å². The maximum atomic E-state index is 11.3. The van der Waals surface area contributed by atoms with E-state index in [1.54, 1.807) is 18.5 Å². The van der Waals surface area contributed by atoms with Crippen molar-refractivity contribution in [3.8, 4) is 5.75 Å². The van der Waals surface area contributed by atoms with Crippen LogP contribution in [0.2, 0.25) is 0 Å². The van der Waals surface area contributed by atoms with Crippen molar-refractivity contribution in [3.63, 3.8) is 0 Å². The number of pyridine rings is 1. The number of carbonyl (C=O) groups is 1. The van der Waals surface area contributed by atoms with E-state index in [9.17, 15) is 4.79 Å². The Kier molecular flexibility index (Phi) is 2.31. The van der Waals surface area contributed by atoms with Crippen LogP contribution in [0.4, 0.5) is 0 Å². The van der Waals surface area contributed by atoms with Crippen molar-refractivity contribution in [1.82, 2.24) is 4.98 Å². The van der Waals surface area contributed by atoms with Gasteiger partial charge in [0.25, 0.3) is 0 Å². The van der Waals surface area contributed by atoms with Gasteiger partial charge in [-0.25, -0.2) is 0 Å². The van der Waals surface area contributed by atoms with Gasteiger partial charge in [-0.2, -0.15) is 0 Å². The van der Waals surface area contributed by atoms with Crippen molar-refractivity contribution in [1.29, 1.82) is 0 Å². The number of rotatable bonds is 2. The normalized spacial score (nSPS) is 15.5. The van der Waals surface area contributed by atoms with Gasteiger partial charge in [0.05, 0.1) is 10.4 Å². The second kappa shape index (κ2) is 3.46. The fourth-order valence-corrected chi connectivity index (χ4v) is 1.29. The first-order valence-electron chi connectivity index (χ1n) is 4.08. The van der Waals surface area contributed by atoms with Crippen LogP contribution < -0.4 is 4.74 Å². The fourth-order valence-electron chi connectivity index (χ4n) is 0.956. The Labute approximate surface area is 84.2 Å². The molecular weight excluding hydrogens is 234 g/mol. The molecule has 0 amide bonds. The first kappa shape index (κ1) is 8.69. The van der Waals surface area contributed by atoms with Crippen LogP contribution in [0.3, 0.4) is 0 Å². The van der Waals surface area contributed by atoms with Gasteiger partial charge in [0, 0.05) is 18.5 Å². The Balaban J connectivity index is 2.08. The number of ether oxygens (including phenoxy) is 1. The van der Waals surface area contributed by atoms with Crippen molar-refractivity contribution >= 4 is 21.9 Å². The third-order valence-electron chi connectivity index (χ3n) is 1.86. The Bertz CT molecular complexity index is 336. The van der Waals surface area contributed by atoms with E-state index in [4.69, 9.17) is 4.74 Å². The first-order chi connectivity index (χ1) is 6.27. The van der Waals surface area contributed by atoms with Gasteiger partial charge in [-0.3, -0.25) is 9.78 Å². The minimum absolute atomic E-state index is 0.125. The highest BCUT2D eigenvalue weighted by Crippen LogP contribution is 2.32. The third-order valence-corrected chi connectivity index (χ3v) is 2.45. The van der Waals surface area contributed by atoms with Crippen molar-refractivity contribution in [3.05, 3.63) is 22.9 Å². The van der Waals surface area contributed by atoms with Crippen LogP contribution in [0.1, 0.15) is 12.8 Å². The molecular formula is C9H8BrNO2. The number of halogens is 1. The number of aromatic nitrogens is 1. The Morgan fingerprint density at radius 1 is 1.62 bits per heavy atom. The molecule has 0 bridgehead atoms. The minimum Gasteiger partial charge on any atom is -0.425 e. The zero-order valence-corrected chi connectivity index (χ0v) is 8.45. The highest BCUT2D eigenvalue weighted by Gasteiger charge is 2.31. The lowest BCUT2D eigenvalue weighted by Gasteiger charge is -2.03. The van der Waals surface area contributed by atoms with Gasteiger partial charge in [0.2, 0.25) is 0 Å². The molecule has 68 valence electrons. The molecule has 1 aromatic heterocycles. The van der Waals surface area contributed by atoms with E-state index in [0.717, 1.165) is 12.8 Å². The molecule has 1 saturated carbocycles. The maximum absolute atomic E-state index is 11.3. The number of hydrogen-bond donors (Lipinski definition) is 0. The van der Waals surface area contributed by atoms with Crippen LogP contribution in [0.15, 0.2) is 22.9 Å². The molecule has 1 fully saturated rings. The Morgan fingerprint density at radius 3 is 3.00 bits per heavy atom. The molecule has 0 aliphatic heterocycles. The van der Waals surface area contributed by atoms with Crippen molar-refractivity contribution < 1.29 is 9.53 Å². The van der Waals surface area contributed by atoms with Crippen LogP contribution in [0.25, 0.3) is 0 Å². The zero-order chi connectivity index (χ0) is 9.26. The summed E-state index contributed by atoms with van der Waals surface area (Å²) < 4.78 is 5.86. The summed E-state index contributed by atoms with van der Waals surface area (Å²) in [7, 11) is 0. The molecule has 1 aliphatic rings. The van der Waals surface area contributed by atoms with Crippen LogP contribution in [-0.2, 0) is 4.79 Å². The molecule has 13 heavy (non-hydrogen) atoms. The lowest BCUT2D eigenvalue weighted by atomic mass is 10.4. The molecule has 0 atom stereocenters. The summed E-state index contributed by atoms with van der Waals surface area (Å²) >= 11 is 3.25. The average Bonchev–Trinajstić information content (AvgIpc) is 2.91. The Morgan fingerprint density at radius 2 is 2.38 bits per heavy atom. The van der Waals surface area contributed by atoms with Gasteiger partial charge in [0.1, 0.15) is 5.75 Å². The van der Waals surface area contributed by atoms with Gasteiger partial charge in [-0.05, 0) is 28.8 Å². The van der Waals surface area contributed by atoms with Crippen molar-refractivity contribution in [2.75, 3.05) is 0 Å². The van der Waals surface area contributed by atoms with Crippen molar-refractivity contribution in [2.45, 2.75) is 12.8 Å². The molecule has 0 saturated heterocycles. The van der Waals surface area contributed by atoms with Crippen LogP contribution in [0.5, 0.6) is 5.75 Å². The summed E-state index contributed by atoms with van der Waals surface area (Å²) in [5, 5.41) is 0. The highest BCUT2D eigenvalue weighted by atomic mass is 79.9. The molecule has 4 heteroatoms. The summed E-state index contributed by atoms with van der Waals surface area (Å²) in [5.41, 5.74) is 0. The van der Waals surface area contributed by atoms with Crippen LogP contribution in [-0.4, -0.2) is 11.0 Å². The Hall–Kier alpha value is -0.900. The third kappa shape index (κ3) is 2.06. The summed E-state index contributed by atoms with van der Waals surface area (Å²) in [5.74, 6) is 0.541. The van der Waals surface area contributed by atoms with E-state index in [-0.39, 0.29) is 11.9 Å². The summed E-state index contributed by atoms with van der Waals surface area (Å²) in [6, 6.07) is 1.67. The maximum Gasteiger partial charge on any atom is 0.314 e. The molecule has 1 aromatic rings. The summed E-state index contributed by atoms with van der Waals surface area (Å²) in [4.78, 5) is 15.1. The minimum atomic E-state index is -0.132. The second-order valence-corrected chi connectivity index (χ2v) is 3.86. The monoisotopic (exact) mass is 241 g/mol. The van der Waals surface area contributed by atoms with Gasteiger partial charge in [0.15, 0.2) is 0 Å². The smallest absolute Gasteiger partial charge is 0.314 e. The SMILES string of the molecule is O=C(Oc1ccncc1Br)C1CC1. The number of hydrogen-bond acceptors (Lipinski definition) is 3. The lowest BCUT2D eigenvalue weighted by Crippen LogP contribution is -2.10. The molecule has 1 aliphatic carbocycles. The van der Waals surface area contributed by atoms with Gasteiger partial charge < -0.3 is 4.74 Å². The molecule has 0 radical (unpaired) electrons. The van der Waals surface area contributed by atoms with E-state index in [1.807, 2.05) is 0 Å². The lowest BCUT2D eigenvalue weighted by molar-refractivity contribution is -0.135. The molecule has 0 unspecified atom stereocenters. The predicted molar refractivity (Wildman–Crippen MR) is 50.3 cm³/mol.